The summed E-state index contributed by atoms with van der Waals surface area (Å²) < 4.78 is 0. The highest BCUT2D eigenvalue weighted by molar-refractivity contribution is 5.94. The summed E-state index contributed by atoms with van der Waals surface area (Å²) in [6.07, 6.45) is 0.277. The van der Waals surface area contributed by atoms with E-state index in [0.717, 1.165) is 22.4 Å². The second kappa shape index (κ2) is 7.41. The fourth-order valence-electron chi connectivity index (χ4n) is 2.18. The van der Waals surface area contributed by atoms with E-state index in [2.05, 4.69) is 10.6 Å². The standard InChI is InChI=1S/C18H20N2O2/c1-13-5-3-7-15(9-13)11-17(21)19-12-18(22)20-16-8-4-6-14(2)10-16/h3-10H,11-12H2,1-2H3,(H,19,21)(H,20,22). The van der Waals surface area contributed by atoms with Gasteiger partial charge in [-0.05, 0) is 37.1 Å². The average Bonchev–Trinajstić information content (AvgIpc) is 2.45. The maximum Gasteiger partial charge on any atom is 0.243 e. The maximum absolute atomic E-state index is 11.8. The average molecular weight is 296 g/mol. The van der Waals surface area contributed by atoms with E-state index in [1.54, 1.807) is 0 Å². The molecule has 0 aliphatic carbocycles. The summed E-state index contributed by atoms with van der Waals surface area (Å²) in [4.78, 5) is 23.7. The highest BCUT2D eigenvalue weighted by Crippen LogP contribution is 2.09. The first-order valence-corrected chi connectivity index (χ1v) is 7.22. The Morgan fingerprint density at radius 2 is 1.59 bits per heavy atom. The highest BCUT2D eigenvalue weighted by Gasteiger charge is 2.07. The Balaban J connectivity index is 1.79. The van der Waals surface area contributed by atoms with Gasteiger partial charge in [0.15, 0.2) is 0 Å². The second-order valence-electron chi connectivity index (χ2n) is 5.36. The van der Waals surface area contributed by atoms with Gasteiger partial charge in [-0.2, -0.15) is 0 Å². The molecule has 0 spiro atoms. The molecule has 0 bridgehead atoms. The lowest BCUT2D eigenvalue weighted by Gasteiger charge is -2.08. The van der Waals surface area contributed by atoms with Crippen molar-refractivity contribution < 1.29 is 9.59 Å². The zero-order chi connectivity index (χ0) is 15.9. The van der Waals surface area contributed by atoms with Crippen LogP contribution in [0.4, 0.5) is 5.69 Å². The van der Waals surface area contributed by atoms with Gasteiger partial charge in [0, 0.05) is 5.69 Å². The molecule has 0 atom stereocenters. The summed E-state index contributed by atoms with van der Waals surface area (Å²) in [5.41, 5.74) is 3.86. The van der Waals surface area contributed by atoms with E-state index in [4.69, 9.17) is 0 Å². The molecule has 0 saturated carbocycles. The monoisotopic (exact) mass is 296 g/mol. The molecule has 0 radical (unpaired) electrons. The zero-order valence-electron chi connectivity index (χ0n) is 12.8. The third-order valence-corrected chi connectivity index (χ3v) is 3.20. The van der Waals surface area contributed by atoms with Gasteiger partial charge in [-0.25, -0.2) is 0 Å². The number of rotatable bonds is 5. The lowest BCUT2D eigenvalue weighted by molar-refractivity contribution is -0.123. The van der Waals surface area contributed by atoms with Crippen LogP contribution in [-0.2, 0) is 16.0 Å². The predicted octanol–water partition coefficient (Wildman–Crippen LogP) is 2.60. The van der Waals surface area contributed by atoms with Crippen LogP contribution in [0.25, 0.3) is 0 Å². The number of benzene rings is 2. The molecule has 22 heavy (non-hydrogen) atoms. The molecule has 4 nitrogen and oxygen atoms in total. The zero-order valence-corrected chi connectivity index (χ0v) is 12.8. The van der Waals surface area contributed by atoms with Gasteiger partial charge < -0.3 is 10.6 Å². The Morgan fingerprint density at radius 1 is 0.909 bits per heavy atom. The number of hydrogen-bond donors (Lipinski definition) is 2. The van der Waals surface area contributed by atoms with Gasteiger partial charge in [0.05, 0.1) is 13.0 Å². The Morgan fingerprint density at radius 3 is 2.27 bits per heavy atom. The van der Waals surface area contributed by atoms with E-state index in [1.165, 1.54) is 0 Å². The van der Waals surface area contributed by atoms with Crippen LogP contribution in [0.3, 0.4) is 0 Å². The Kier molecular flexibility index (Phi) is 5.31. The van der Waals surface area contributed by atoms with Crippen molar-refractivity contribution in [3.8, 4) is 0 Å². The van der Waals surface area contributed by atoms with Crippen molar-refractivity contribution in [2.24, 2.45) is 0 Å². The molecule has 0 heterocycles. The van der Waals surface area contributed by atoms with Crippen molar-refractivity contribution >= 4 is 17.5 Å². The smallest absolute Gasteiger partial charge is 0.243 e. The SMILES string of the molecule is Cc1cccc(CC(=O)NCC(=O)Nc2cccc(C)c2)c1. The minimum Gasteiger partial charge on any atom is -0.347 e. The first kappa shape index (κ1) is 15.8. The van der Waals surface area contributed by atoms with E-state index in [-0.39, 0.29) is 24.8 Å². The minimum absolute atomic E-state index is 0.0292. The molecule has 0 aromatic heterocycles. The molecular weight excluding hydrogens is 276 g/mol. The molecule has 0 saturated heterocycles. The third-order valence-electron chi connectivity index (χ3n) is 3.20. The maximum atomic E-state index is 11.8. The summed E-state index contributed by atoms with van der Waals surface area (Å²) in [7, 11) is 0. The Bertz CT molecular complexity index is 621. The minimum atomic E-state index is -0.233. The number of amides is 2. The van der Waals surface area contributed by atoms with Crippen LogP contribution < -0.4 is 10.6 Å². The fourth-order valence-corrected chi connectivity index (χ4v) is 2.18. The molecule has 0 aliphatic rings. The van der Waals surface area contributed by atoms with Crippen LogP contribution in [0.15, 0.2) is 48.5 Å². The Labute approximate surface area is 130 Å². The van der Waals surface area contributed by atoms with Gasteiger partial charge in [0.25, 0.3) is 0 Å². The fraction of sp³-hybridized carbons (Fsp3) is 0.222. The molecule has 114 valence electrons. The van der Waals surface area contributed by atoms with Gasteiger partial charge in [-0.1, -0.05) is 42.0 Å². The normalized spacial score (nSPS) is 10.1. The van der Waals surface area contributed by atoms with Crippen molar-refractivity contribution in [3.05, 3.63) is 65.2 Å². The van der Waals surface area contributed by atoms with Gasteiger partial charge in [0.2, 0.25) is 11.8 Å². The molecule has 0 aliphatic heterocycles. The topological polar surface area (TPSA) is 58.2 Å². The van der Waals surface area contributed by atoms with Crippen LogP contribution in [0.2, 0.25) is 0 Å². The summed E-state index contributed by atoms with van der Waals surface area (Å²) in [5, 5.41) is 5.39. The van der Waals surface area contributed by atoms with E-state index < -0.39 is 0 Å². The molecule has 0 fully saturated rings. The quantitative estimate of drug-likeness (QED) is 0.891. The molecule has 4 heteroatoms. The van der Waals surface area contributed by atoms with Crippen molar-refractivity contribution in [1.82, 2.24) is 5.32 Å². The molecular formula is C18H20N2O2. The van der Waals surface area contributed by atoms with Crippen LogP contribution >= 0.6 is 0 Å². The number of nitrogens with one attached hydrogen (secondary N) is 2. The number of anilines is 1. The van der Waals surface area contributed by atoms with Crippen LogP contribution in [-0.4, -0.2) is 18.4 Å². The molecule has 2 rings (SSSR count). The summed E-state index contributed by atoms with van der Waals surface area (Å²) in [6.45, 7) is 3.91. The van der Waals surface area contributed by atoms with E-state index in [1.807, 2.05) is 62.4 Å². The van der Waals surface area contributed by atoms with Crippen molar-refractivity contribution in [2.75, 3.05) is 11.9 Å². The summed E-state index contributed by atoms with van der Waals surface area (Å²) >= 11 is 0. The number of aryl methyl sites for hydroxylation is 2. The first-order valence-electron chi connectivity index (χ1n) is 7.22. The number of carbonyl (C=O) groups excluding carboxylic acids is 2. The van der Waals surface area contributed by atoms with Gasteiger partial charge in [-0.15, -0.1) is 0 Å². The largest absolute Gasteiger partial charge is 0.347 e. The van der Waals surface area contributed by atoms with E-state index in [9.17, 15) is 9.59 Å². The first-order chi connectivity index (χ1) is 10.5. The van der Waals surface area contributed by atoms with Gasteiger partial charge >= 0.3 is 0 Å². The molecule has 2 amide bonds. The van der Waals surface area contributed by atoms with Gasteiger partial charge in [0.1, 0.15) is 0 Å². The van der Waals surface area contributed by atoms with Crippen molar-refractivity contribution in [1.29, 1.82) is 0 Å². The van der Waals surface area contributed by atoms with Crippen LogP contribution in [0.5, 0.6) is 0 Å². The Hall–Kier alpha value is -2.62. The number of carbonyl (C=O) groups is 2. The second-order valence-corrected chi connectivity index (χ2v) is 5.36. The molecule has 2 aromatic carbocycles. The van der Waals surface area contributed by atoms with Crippen LogP contribution in [0.1, 0.15) is 16.7 Å². The number of hydrogen-bond acceptors (Lipinski definition) is 2. The predicted molar refractivity (Wildman–Crippen MR) is 87.7 cm³/mol. The van der Waals surface area contributed by atoms with E-state index in [0.29, 0.717) is 0 Å². The summed E-state index contributed by atoms with van der Waals surface area (Å²) in [5.74, 6) is -0.395. The molecule has 2 N–H and O–H groups in total. The molecule has 2 aromatic rings. The van der Waals surface area contributed by atoms with Crippen LogP contribution in [0, 0.1) is 13.8 Å². The lowest BCUT2D eigenvalue weighted by Crippen LogP contribution is -2.33. The van der Waals surface area contributed by atoms with E-state index >= 15 is 0 Å². The van der Waals surface area contributed by atoms with Gasteiger partial charge in [-0.3, -0.25) is 9.59 Å². The van der Waals surface area contributed by atoms with Crippen molar-refractivity contribution in [3.63, 3.8) is 0 Å². The molecule has 0 unspecified atom stereocenters. The van der Waals surface area contributed by atoms with Crippen molar-refractivity contribution in [2.45, 2.75) is 20.3 Å². The summed E-state index contributed by atoms with van der Waals surface area (Å²) in [6, 6.07) is 15.3. The highest BCUT2D eigenvalue weighted by atomic mass is 16.2. The third kappa shape index (κ3) is 5.05. The lowest BCUT2D eigenvalue weighted by atomic mass is 10.1.